The number of methoxy groups -OCH3 is 2. The number of carbonyl (C=O) groups is 2. The summed E-state index contributed by atoms with van der Waals surface area (Å²) in [5, 5.41) is 2.67. The zero-order valence-corrected chi connectivity index (χ0v) is 17.3. The molecule has 0 aliphatic heterocycles. The molecule has 8 heteroatoms. The molecule has 6 nitrogen and oxygen atoms in total. The summed E-state index contributed by atoms with van der Waals surface area (Å²) in [7, 11) is 3.04. The van der Waals surface area contributed by atoms with Crippen molar-refractivity contribution in [3.63, 3.8) is 0 Å². The van der Waals surface area contributed by atoms with E-state index in [1.165, 1.54) is 14.2 Å². The monoisotopic (exact) mass is 485 g/mol. The van der Waals surface area contributed by atoms with E-state index in [9.17, 15) is 9.59 Å². The predicted molar refractivity (Wildman–Crippen MR) is 105 cm³/mol. The number of anilines is 1. The number of para-hydroxylation sites is 1. The summed E-state index contributed by atoms with van der Waals surface area (Å²) in [5.41, 5.74) is 1.27. The normalized spacial score (nSPS) is 10.2. The first-order valence-corrected chi connectivity index (χ1v) is 9.13. The van der Waals surface area contributed by atoms with Crippen LogP contribution in [0.1, 0.15) is 5.56 Å². The van der Waals surface area contributed by atoms with Gasteiger partial charge in [-0.1, -0.05) is 28.1 Å². The van der Waals surface area contributed by atoms with Gasteiger partial charge in [-0.3, -0.25) is 9.59 Å². The zero-order valence-electron chi connectivity index (χ0n) is 14.2. The second-order valence-corrected chi connectivity index (χ2v) is 6.87. The van der Waals surface area contributed by atoms with E-state index in [4.69, 9.17) is 14.2 Å². The first-order valence-electron chi connectivity index (χ1n) is 7.55. The lowest BCUT2D eigenvalue weighted by atomic mass is 10.1. The number of nitrogens with one attached hydrogen (secondary N) is 1. The highest BCUT2D eigenvalue weighted by Gasteiger charge is 2.15. The minimum atomic E-state index is -0.528. The van der Waals surface area contributed by atoms with Crippen LogP contribution >= 0.6 is 31.9 Å². The molecule has 0 unspecified atom stereocenters. The second kappa shape index (κ2) is 9.59. The summed E-state index contributed by atoms with van der Waals surface area (Å²) in [6, 6.07) is 10.6. The molecule has 0 saturated carbocycles. The van der Waals surface area contributed by atoms with Gasteiger partial charge in [-0.05, 0) is 45.8 Å². The molecule has 0 aliphatic carbocycles. The van der Waals surface area contributed by atoms with Gasteiger partial charge >= 0.3 is 5.97 Å². The molecule has 0 aliphatic rings. The van der Waals surface area contributed by atoms with Crippen LogP contribution in [-0.2, 0) is 20.7 Å². The maximum absolute atomic E-state index is 12.0. The van der Waals surface area contributed by atoms with Gasteiger partial charge in [0.2, 0.25) is 0 Å². The number of halogens is 2. The van der Waals surface area contributed by atoms with Crippen LogP contribution in [0.5, 0.6) is 11.5 Å². The highest BCUT2D eigenvalue weighted by Crippen LogP contribution is 2.33. The highest BCUT2D eigenvalue weighted by molar-refractivity contribution is 9.10. The van der Waals surface area contributed by atoms with Gasteiger partial charge in [0, 0.05) is 8.95 Å². The molecule has 1 amide bonds. The fourth-order valence-corrected chi connectivity index (χ4v) is 2.98. The van der Waals surface area contributed by atoms with Crippen LogP contribution in [0, 0.1) is 0 Å². The molecule has 2 aromatic rings. The van der Waals surface area contributed by atoms with Gasteiger partial charge in [-0.2, -0.15) is 0 Å². The van der Waals surface area contributed by atoms with Gasteiger partial charge in [0.25, 0.3) is 5.91 Å². The second-order valence-electron chi connectivity index (χ2n) is 5.16. The van der Waals surface area contributed by atoms with Crippen LogP contribution in [-0.4, -0.2) is 32.7 Å². The van der Waals surface area contributed by atoms with Crippen LogP contribution in [0.3, 0.4) is 0 Å². The third-order valence-electron chi connectivity index (χ3n) is 3.40. The van der Waals surface area contributed by atoms with Crippen LogP contribution < -0.4 is 14.8 Å². The van der Waals surface area contributed by atoms with Crippen LogP contribution in [0.2, 0.25) is 0 Å². The molecule has 1 N–H and O–H groups in total. The molecule has 0 radical (unpaired) electrons. The molecule has 0 saturated heterocycles. The Balaban J connectivity index is 1.93. The molecule has 0 atom stereocenters. The van der Waals surface area contributed by atoms with E-state index in [-0.39, 0.29) is 13.0 Å². The fourth-order valence-electron chi connectivity index (χ4n) is 2.13. The Hall–Kier alpha value is -2.06. The average Bonchev–Trinajstić information content (AvgIpc) is 2.63. The molecule has 0 aromatic heterocycles. The van der Waals surface area contributed by atoms with E-state index < -0.39 is 11.9 Å². The first-order chi connectivity index (χ1) is 12.4. The highest BCUT2D eigenvalue weighted by atomic mass is 79.9. The number of carbonyl (C=O) groups excluding carboxylic acids is 2. The minimum Gasteiger partial charge on any atom is -0.493 e. The number of hydrogen-bond donors (Lipinski definition) is 1. The lowest BCUT2D eigenvalue weighted by Gasteiger charge is -2.12. The quantitative estimate of drug-likeness (QED) is 0.600. The molecular weight excluding hydrogens is 470 g/mol. The minimum absolute atomic E-state index is 0.0107. The molecule has 26 heavy (non-hydrogen) atoms. The van der Waals surface area contributed by atoms with Gasteiger partial charge in [0.05, 0.1) is 26.3 Å². The van der Waals surface area contributed by atoms with Gasteiger partial charge in [-0.25, -0.2) is 0 Å². The molecular formula is C18H17Br2NO5. The summed E-state index contributed by atoms with van der Waals surface area (Å²) in [4.78, 5) is 24.0. The smallest absolute Gasteiger partial charge is 0.310 e. The maximum atomic E-state index is 12.0. The number of ether oxygens (including phenoxy) is 3. The summed E-state index contributed by atoms with van der Waals surface area (Å²) in [6.45, 7) is -0.370. The number of benzene rings is 2. The lowest BCUT2D eigenvalue weighted by Crippen LogP contribution is -2.21. The van der Waals surface area contributed by atoms with E-state index in [1.807, 2.05) is 6.07 Å². The summed E-state index contributed by atoms with van der Waals surface area (Å²) < 4.78 is 16.9. The SMILES string of the molecule is COc1cc(Br)c(CC(=O)OCC(=O)Nc2ccccc2Br)cc1OC. The standard InChI is InChI=1S/C18H17Br2NO5/c1-24-15-7-11(13(20)9-16(15)25-2)8-18(23)26-10-17(22)21-14-6-4-3-5-12(14)19/h3-7,9H,8,10H2,1-2H3,(H,21,22). The van der Waals surface area contributed by atoms with Crippen LogP contribution in [0.25, 0.3) is 0 Å². The third-order valence-corrected chi connectivity index (χ3v) is 4.83. The molecule has 0 heterocycles. The summed E-state index contributed by atoms with van der Waals surface area (Å²) in [5.74, 6) is 0.103. The van der Waals surface area contributed by atoms with E-state index in [2.05, 4.69) is 37.2 Å². The Morgan fingerprint density at radius 3 is 2.31 bits per heavy atom. The first kappa shape index (κ1) is 20.3. The molecule has 2 aromatic carbocycles. The van der Waals surface area contributed by atoms with E-state index in [0.29, 0.717) is 27.2 Å². The number of amides is 1. The van der Waals surface area contributed by atoms with Crippen molar-refractivity contribution < 1.29 is 23.8 Å². The summed E-state index contributed by atoms with van der Waals surface area (Å²) in [6.07, 6.45) is -0.0107. The Kier molecular flexibility index (Phi) is 7.47. The van der Waals surface area contributed by atoms with Crippen molar-refractivity contribution in [3.8, 4) is 11.5 Å². The van der Waals surface area contributed by atoms with Crippen molar-refractivity contribution in [2.45, 2.75) is 6.42 Å². The van der Waals surface area contributed by atoms with E-state index in [0.717, 1.165) is 4.47 Å². The Bertz CT molecular complexity index is 810. The van der Waals surface area contributed by atoms with Crippen molar-refractivity contribution >= 4 is 49.4 Å². The van der Waals surface area contributed by atoms with Crippen molar-refractivity contribution in [1.29, 1.82) is 0 Å². The number of esters is 1. The number of rotatable bonds is 7. The fraction of sp³-hybridized carbons (Fsp3) is 0.222. The van der Waals surface area contributed by atoms with Gasteiger partial charge < -0.3 is 19.5 Å². The molecule has 138 valence electrons. The van der Waals surface area contributed by atoms with Crippen molar-refractivity contribution in [3.05, 3.63) is 50.9 Å². The molecule has 2 rings (SSSR count). The topological polar surface area (TPSA) is 73.9 Å². The van der Waals surface area contributed by atoms with E-state index in [1.54, 1.807) is 30.3 Å². The van der Waals surface area contributed by atoms with Crippen LogP contribution in [0.4, 0.5) is 5.69 Å². The number of hydrogen-bond acceptors (Lipinski definition) is 5. The Morgan fingerprint density at radius 1 is 1.00 bits per heavy atom. The summed E-state index contributed by atoms with van der Waals surface area (Å²) >= 11 is 6.72. The third kappa shape index (κ3) is 5.47. The van der Waals surface area contributed by atoms with Crippen molar-refractivity contribution in [2.75, 3.05) is 26.1 Å². The van der Waals surface area contributed by atoms with Crippen molar-refractivity contribution in [1.82, 2.24) is 0 Å². The van der Waals surface area contributed by atoms with Crippen LogP contribution in [0.15, 0.2) is 45.3 Å². The Labute approximate surface area is 168 Å². The average molecular weight is 487 g/mol. The van der Waals surface area contributed by atoms with Gasteiger partial charge in [-0.15, -0.1) is 0 Å². The molecule has 0 bridgehead atoms. The molecule has 0 spiro atoms. The maximum Gasteiger partial charge on any atom is 0.310 e. The largest absolute Gasteiger partial charge is 0.493 e. The van der Waals surface area contributed by atoms with Gasteiger partial charge in [0.1, 0.15) is 0 Å². The Morgan fingerprint density at radius 2 is 1.65 bits per heavy atom. The zero-order chi connectivity index (χ0) is 19.1. The van der Waals surface area contributed by atoms with Gasteiger partial charge in [0.15, 0.2) is 18.1 Å². The molecule has 0 fully saturated rings. The lowest BCUT2D eigenvalue weighted by molar-refractivity contribution is -0.146. The van der Waals surface area contributed by atoms with E-state index >= 15 is 0 Å². The van der Waals surface area contributed by atoms with Crippen molar-refractivity contribution in [2.24, 2.45) is 0 Å². The predicted octanol–water partition coefficient (Wildman–Crippen LogP) is 3.95.